The Kier molecular flexibility index (Phi) is 5.62. The third kappa shape index (κ3) is 4.28. The average Bonchev–Trinajstić information content (AvgIpc) is 3.16. The zero-order valence-corrected chi connectivity index (χ0v) is 15.1. The second-order valence-electron chi connectivity index (χ2n) is 6.16. The molecule has 0 radical (unpaired) electrons. The van der Waals surface area contributed by atoms with Crippen molar-refractivity contribution in [2.24, 2.45) is 0 Å². The summed E-state index contributed by atoms with van der Waals surface area (Å²) in [5, 5.41) is 10.5. The first-order chi connectivity index (χ1) is 11.1. The number of aromatic nitrogens is 3. The van der Waals surface area contributed by atoms with Crippen molar-refractivity contribution in [3.05, 3.63) is 40.7 Å². The second-order valence-corrected chi connectivity index (χ2v) is 7.54. The monoisotopic (exact) mass is 351 g/mol. The van der Waals surface area contributed by atoms with Crippen LogP contribution < -0.4 is 0 Å². The van der Waals surface area contributed by atoms with Crippen LogP contribution in [0.3, 0.4) is 0 Å². The molecule has 1 aliphatic heterocycles. The van der Waals surface area contributed by atoms with Gasteiger partial charge in [-0.1, -0.05) is 49.3 Å². The number of hydrogen-bond donors (Lipinski definition) is 0. The predicted molar refractivity (Wildman–Crippen MR) is 94.1 cm³/mol. The van der Waals surface area contributed by atoms with E-state index < -0.39 is 0 Å². The molecular formula is C17H22ClN3OS. The van der Waals surface area contributed by atoms with Crippen molar-refractivity contribution in [2.45, 2.75) is 56.2 Å². The van der Waals surface area contributed by atoms with Gasteiger partial charge in [-0.05, 0) is 30.5 Å². The molecule has 1 fully saturated rings. The average molecular weight is 352 g/mol. The van der Waals surface area contributed by atoms with Crippen molar-refractivity contribution in [3.63, 3.8) is 0 Å². The summed E-state index contributed by atoms with van der Waals surface area (Å²) in [6.07, 6.45) is 2.55. The van der Waals surface area contributed by atoms with E-state index >= 15 is 0 Å². The Morgan fingerprint density at radius 2 is 2.26 bits per heavy atom. The molecule has 2 aromatic rings. The molecule has 1 unspecified atom stereocenters. The van der Waals surface area contributed by atoms with E-state index in [0.717, 1.165) is 47.7 Å². The van der Waals surface area contributed by atoms with Crippen LogP contribution in [-0.4, -0.2) is 27.5 Å². The van der Waals surface area contributed by atoms with Crippen LogP contribution in [0.2, 0.25) is 5.02 Å². The van der Waals surface area contributed by atoms with Crippen molar-refractivity contribution in [3.8, 4) is 0 Å². The van der Waals surface area contributed by atoms with E-state index in [-0.39, 0.29) is 6.10 Å². The van der Waals surface area contributed by atoms with Crippen molar-refractivity contribution >= 4 is 23.4 Å². The summed E-state index contributed by atoms with van der Waals surface area (Å²) >= 11 is 7.76. The van der Waals surface area contributed by atoms with Crippen LogP contribution in [0.5, 0.6) is 0 Å². The van der Waals surface area contributed by atoms with E-state index in [1.54, 1.807) is 11.8 Å². The van der Waals surface area contributed by atoms with Crippen molar-refractivity contribution in [1.29, 1.82) is 0 Å². The highest BCUT2D eigenvalue weighted by atomic mass is 35.5. The van der Waals surface area contributed by atoms with E-state index in [9.17, 15) is 0 Å². The highest BCUT2D eigenvalue weighted by Crippen LogP contribution is 2.27. The molecule has 4 nitrogen and oxygen atoms in total. The molecule has 23 heavy (non-hydrogen) atoms. The van der Waals surface area contributed by atoms with Crippen LogP contribution in [0, 0.1) is 0 Å². The Hall–Kier alpha value is -1.04. The van der Waals surface area contributed by atoms with E-state index in [4.69, 9.17) is 16.3 Å². The van der Waals surface area contributed by atoms with Gasteiger partial charge in [0.15, 0.2) is 5.16 Å². The lowest BCUT2D eigenvalue weighted by Gasteiger charge is -2.16. The van der Waals surface area contributed by atoms with Crippen LogP contribution in [0.1, 0.15) is 44.0 Å². The van der Waals surface area contributed by atoms with E-state index in [1.165, 1.54) is 5.56 Å². The largest absolute Gasteiger partial charge is 0.376 e. The Morgan fingerprint density at radius 1 is 1.39 bits per heavy atom. The minimum absolute atomic E-state index is 0.286. The number of hydrogen-bond acceptors (Lipinski definition) is 4. The molecule has 124 valence electrons. The van der Waals surface area contributed by atoms with Crippen molar-refractivity contribution in [1.82, 2.24) is 14.8 Å². The molecule has 0 amide bonds. The molecule has 1 saturated heterocycles. The van der Waals surface area contributed by atoms with Gasteiger partial charge < -0.3 is 9.30 Å². The first-order valence-electron chi connectivity index (χ1n) is 8.05. The minimum Gasteiger partial charge on any atom is -0.376 e. The smallest absolute Gasteiger partial charge is 0.191 e. The normalized spacial score (nSPS) is 18.0. The van der Waals surface area contributed by atoms with Gasteiger partial charge in [0.1, 0.15) is 5.82 Å². The van der Waals surface area contributed by atoms with Gasteiger partial charge in [0.05, 0.1) is 12.6 Å². The van der Waals surface area contributed by atoms with Gasteiger partial charge in [-0.3, -0.25) is 0 Å². The molecule has 0 N–H and O–H groups in total. The fourth-order valence-electron chi connectivity index (χ4n) is 2.77. The number of thioether (sulfide) groups is 1. The summed E-state index contributed by atoms with van der Waals surface area (Å²) < 4.78 is 8.02. The minimum atomic E-state index is 0.286. The van der Waals surface area contributed by atoms with Crippen LogP contribution >= 0.6 is 23.4 Å². The van der Waals surface area contributed by atoms with Crippen LogP contribution in [-0.2, 0) is 17.0 Å². The summed E-state index contributed by atoms with van der Waals surface area (Å²) in [6.45, 7) is 6.02. The predicted octanol–water partition coefficient (Wildman–Crippen LogP) is 4.53. The second kappa shape index (κ2) is 7.69. The Bertz CT molecular complexity index is 653. The van der Waals surface area contributed by atoms with Crippen molar-refractivity contribution < 1.29 is 4.74 Å². The van der Waals surface area contributed by atoms with Gasteiger partial charge in [-0.2, -0.15) is 0 Å². The summed E-state index contributed by atoms with van der Waals surface area (Å²) in [6, 6.07) is 7.96. The number of benzene rings is 1. The molecule has 1 aliphatic rings. The topological polar surface area (TPSA) is 39.9 Å². The van der Waals surface area contributed by atoms with Crippen LogP contribution in [0.25, 0.3) is 0 Å². The highest BCUT2D eigenvalue weighted by molar-refractivity contribution is 7.98. The van der Waals surface area contributed by atoms with Crippen molar-refractivity contribution in [2.75, 3.05) is 6.61 Å². The summed E-state index contributed by atoms with van der Waals surface area (Å²) in [7, 11) is 0. The molecule has 6 heteroatoms. The van der Waals surface area contributed by atoms with Gasteiger partial charge in [0, 0.05) is 23.3 Å². The molecule has 3 rings (SSSR count). The van der Waals surface area contributed by atoms with Crippen LogP contribution in [0.15, 0.2) is 29.4 Å². The quantitative estimate of drug-likeness (QED) is 0.717. The van der Waals surface area contributed by atoms with Gasteiger partial charge in [-0.25, -0.2) is 0 Å². The summed E-state index contributed by atoms with van der Waals surface area (Å²) in [5.74, 6) is 2.22. The number of halogens is 1. The standard InChI is InChI=1S/C17H22ClN3OS/c1-12(2)16-19-20-17(21(16)10-15-7-4-8-22-15)23-11-13-5-3-6-14(18)9-13/h3,5-6,9,12,15H,4,7-8,10-11H2,1-2H3. The van der Waals surface area contributed by atoms with E-state index in [2.05, 4.69) is 34.7 Å². The molecule has 0 aliphatic carbocycles. The molecule has 2 heterocycles. The first kappa shape index (κ1) is 16.8. The Labute approximate surface area is 146 Å². The van der Waals surface area contributed by atoms with Crippen LogP contribution in [0.4, 0.5) is 0 Å². The van der Waals surface area contributed by atoms with Gasteiger partial charge in [0.2, 0.25) is 0 Å². The zero-order chi connectivity index (χ0) is 16.2. The maximum absolute atomic E-state index is 6.06. The lowest BCUT2D eigenvalue weighted by atomic mass is 10.2. The first-order valence-corrected chi connectivity index (χ1v) is 9.42. The molecule has 1 aromatic carbocycles. The number of nitrogens with zero attached hydrogens (tertiary/aromatic N) is 3. The third-order valence-corrected chi connectivity index (χ3v) is 5.20. The lowest BCUT2D eigenvalue weighted by molar-refractivity contribution is 0.0940. The number of ether oxygens (including phenoxy) is 1. The lowest BCUT2D eigenvalue weighted by Crippen LogP contribution is -2.18. The molecule has 0 spiro atoms. The van der Waals surface area contributed by atoms with Gasteiger partial charge in [-0.15, -0.1) is 10.2 Å². The Morgan fingerprint density at radius 3 is 2.96 bits per heavy atom. The molecule has 1 atom stereocenters. The fraction of sp³-hybridized carbons (Fsp3) is 0.529. The van der Waals surface area contributed by atoms with E-state index in [1.807, 2.05) is 18.2 Å². The SMILES string of the molecule is CC(C)c1nnc(SCc2cccc(Cl)c2)n1CC1CCCO1. The third-order valence-electron chi connectivity index (χ3n) is 3.93. The van der Waals surface area contributed by atoms with Gasteiger partial charge in [0.25, 0.3) is 0 Å². The fourth-order valence-corrected chi connectivity index (χ4v) is 3.88. The maximum Gasteiger partial charge on any atom is 0.191 e. The Balaban J connectivity index is 1.75. The van der Waals surface area contributed by atoms with Gasteiger partial charge >= 0.3 is 0 Å². The number of rotatable bonds is 6. The summed E-state index contributed by atoms with van der Waals surface area (Å²) in [5.41, 5.74) is 1.19. The highest BCUT2D eigenvalue weighted by Gasteiger charge is 2.22. The zero-order valence-electron chi connectivity index (χ0n) is 13.5. The maximum atomic E-state index is 6.06. The van der Waals surface area contributed by atoms with E-state index in [0.29, 0.717) is 5.92 Å². The molecular weight excluding hydrogens is 330 g/mol. The molecule has 0 saturated carbocycles. The molecule has 0 bridgehead atoms. The summed E-state index contributed by atoms with van der Waals surface area (Å²) in [4.78, 5) is 0. The molecule has 1 aromatic heterocycles.